The van der Waals surface area contributed by atoms with Crippen molar-refractivity contribution in [1.82, 2.24) is 9.97 Å². The van der Waals surface area contributed by atoms with Crippen LogP contribution >= 0.6 is 11.6 Å². The lowest BCUT2D eigenvalue weighted by molar-refractivity contribution is -0.118. The molecule has 0 aromatic carbocycles. The Hall–Kier alpha value is -0.780. The molecular weight excluding hydrogens is 259 g/mol. The minimum atomic E-state index is -0.602. The molecule has 0 aliphatic carbocycles. The van der Waals surface area contributed by atoms with Crippen molar-refractivity contribution in [3.63, 3.8) is 0 Å². The molecule has 6 heteroatoms. The minimum Gasteiger partial charge on any atom is -0.381 e. The largest absolute Gasteiger partial charge is 0.381 e. The van der Waals surface area contributed by atoms with E-state index in [0.717, 1.165) is 0 Å². The molecule has 1 fully saturated rings. The molecular formula is C12H16ClFN2O2. The molecule has 0 atom stereocenters. The van der Waals surface area contributed by atoms with Gasteiger partial charge < -0.3 is 9.47 Å². The molecule has 0 amide bonds. The van der Waals surface area contributed by atoms with Crippen LogP contribution in [0.4, 0.5) is 4.39 Å². The molecule has 4 nitrogen and oxygen atoms in total. The van der Waals surface area contributed by atoms with Crippen LogP contribution in [0.2, 0.25) is 5.15 Å². The summed E-state index contributed by atoms with van der Waals surface area (Å²) >= 11 is 5.79. The Morgan fingerprint density at radius 2 is 2.06 bits per heavy atom. The fourth-order valence-electron chi connectivity index (χ4n) is 2.14. The van der Waals surface area contributed by atoms with Crippen LogP contribution in [-0.2, 0) is 15.1 Å². The summed E-state index contributed by atoms with van der Waals surface area (Å²) in [5.74, 6) is -0.115. The molecule has 2 rings (SSSR count). The maximum absolute atomic E-state index is 13.5. The summed E-state index contributed by atoms with van der Waals surface area (Å²) in [6.45, 7) is 5.19. The number of aromatic nitrogens is 2. The van der Waals surface area contributed by atoms with E-state index in [4.69, 9.17) is 21.1 Å². The highest BCUT2D eigenvalue weighted by Gasteiger charge is 2.38. The molecule has 1 aromatic rings. The van der Waals surface area contributed by atoms with Crippen LogP contribution in [0.25, 0.3) is 0 Å². The molecule has 0 radical (unpaired) electrons. The zero-order valence-electron chi connectivity index (χ0n) is 10.5. The van der Waals surface area contributed by atoms with Gasteiger partial charge in [-0.15, -0.1) is 0 Å². The van der Waals surface area contributed by atoms with Gasteiger partial charge in [-0.05, 0) is 13.8 Å². The number of hydrogen-bond donors (Lipinski definition) is 0. The monoisotopic (exact) mass is 274 g/mol. The average Bonchev–Trinajstić information content (AvgIpc) is 2.37. The summed E-state index contributed by atoms with van der Waals surface area (Å²) < 4.78 is 24.6. The second-order valence-corrected chi connectivity index (χ2v) is 4.64. The summed E-state index contributed by atoms with van der Waals surface area (Å²) in [7, 11) is 0. The quantitative estimate of drug-likeness (QED) is 0.795. The Morgan fingerprint density at radius 1 is 1.39 bits per heavy atom. The maximum atomic E-state index is 13.5. The lowest BCUT2D eigenvalue weighted by atomic mass is 9.93. The average molecular weight is 275 g/mol. The Morgan fingerprint density at radius 3 is 2.61 bits per heavy atom. The van der Waals surface area contributed by atoms with E-state index in [9.17, 15) is 4.39 Å². The fourth-order valence-corrected chi connectivity index (χ4v) is 2.35. The number of ether oxygens (including phenoxy) is 2. The smallest absolute Gasteiger partial charge is 0.181 e. The van der Waals surface area contributed by atoms with E-state index in [1.807, 2.05) is 6.92 Å². The van der Waals surface area contributed by atoms with Gasteiger partial charge in [0.05, 0.1) is 5.69 Å². The number of aryl methyl sites for hydroxylation is 1. The van der Waals surface area contributed by atoms with Gasteiger partial charge >= 0.3 is 0 Å². The highest BCUT2D eigenvalue weighted by Crippen LogP contribution is 2.35. The summed E-state index contributed by atoms with van der Waals surface area (Å²) in [5, 5.41) is -0.150. The lowest BCUT2D eigenvalue weighted by Gasteiger charge is -2.35. The van der Waals surface area contributed by atoms with Crippen LogP contribution in [0.3, 0.4) is 0 Å². The Bertz CT molecular complexity index is 408. The molecule has 1 saturated heterocycles. The van der Waals surface area contributed by atoms with Crippen LogP contribution in [0, 0.1) is 12.7 Å². The highest BCUT2D eigenvalue weighted by molar-refractivity contribution is 6.29. The normalized spacial score (nSPS) is 18.9. The van der Waals surface area contributed by atoms with Gasteiger partial charge in [0.2, 0.25) is 0 Å². The van der Waals surface area contributed by atoms with Crippen molar-refractivity contribution in [2.75, 3.05) is 19.8 Å². The third-order valence-electron chi connectivity index (χ3n) is 3.11. The van der Waals surface area contributed by atoms with E-state index in [0.29, 0.717) is 38.5 Å². The fraction of sp³-hybridized carbons (Fsp3) is 0.667. The molecule has 0 unspecified atom stereocenters. The maximum Gasteiger partial charge on any atom is 0.181 e. The van der Waals surface area contributed by atoms with Crippen molar-refractivity contribution in [2.45, 2.75) is 32.3 Å². The van der Waals surface area contributed by atoms with Crippen molar-refractivity contribution in [2.24, 2.45) is 0 Å². The number of halogens is 2. The van der Waals surface area contributed by atoms with E-state index < -0.39 is 11.4 Å². The molecule has 18 heavy (non-hydrogen) atoms. The van der Waals surface area contributed by atoms with Crippen molar-refractivity contribution in [3.8, 4) is 0 Å². The predicted molar refractivity (Wildman–Crippen MR) is 65.1 cm³/mol. The first-order chi connectivity index (χ1) is 8.59. The van der Waals surface area contributed by atoms with Crippen molar-refractivity contribution in [1.29, 1.82) is 0 Å². The third kappa shape index (κ3) is 2.48. The second-order valence-electron chi connectivity index (χ2n) is 4.28. The Balaban J connectivity index is 2.42. The van der Waals surface area contributed by atoms with Gasteiger partial charge in [-0.25, -0.2) is 14.4 Å². The van der Waals surface area contributed by atoms with Crippen molar-refractivity contribution < 1.29 is 13.9 Å². The van der Waals surface area contributed by atoms with E-state index in [1.165, 1.54) is 0 Å². The SMILES string of the molecule is CCOC1(c2nc(C)c(F)c(Cl)n2)CCOCC1. The van der Waals surface area contributed by atoms with E-state index in [2.05, 4.69) is 9.97 Å². The van der Waals surface area contributed by atoms with E-state index >= 15 is 0 Å². The second kappa shape index (κ2) is 5.47. The first-order valence-electron chi connectivity index (χ1n) is 6.01. The van der Waals surface area contributed by atoms with Crippen molar-refractivity contribution >= 4 is 11.6 Å². The first kappa shape index (κ1) is 13.6. The number of hydrogen-bond acceptors (Lipinski definition) is 4. The molecule has 1 aliphatic rings. The van der Waals surface area contributed by atoms with Crippen molar-refractivity contribution in [3.05, 3.63) is 22.5 Å². The van der Waals surface area contributed by atoms with Gasteiger partial charge in [-0.1, -0.05) is 11.6 Å². The van der Waals surface area contributed by atoms with Crippen LogP contribution in [-0.4, -0.2) is 29.8 Å². The molecule has 0 spiro atoms. The van der Waals surface area contributed by atoms with Gasteiger partial charge in [0.25, 0.3) is 0 Å². The summed E-state index contributed by atoms with van der Waals surface area (Å²) in [5.41, 5.74) is -0.356. The molecule has 0 bridgehead atoms. The lowest BCUT2D eigenvalue weighted by Crippen LogP contribution is -2.38. The molecule has 1 aliphatic heterocycles. The van der Waals surface area contributed by atoms with Crippen LogP contribution in [0.15, 0.2) is 0 Å². The van der Waals surface area contributed by atoms with Crippen LogP contribution < -0.4 is 0 Å². The molecule has 2 heterocycles. The third-order valence-corrected chi connectivity index (χ3v) is 3.36. The number of nitrogens with zero attached hydrogens (tertiary/aromatic N) is 2. The molecule has 0 N–H and O–H groups in total. The van der Waals surface area contributed by atoms with Gasteiger partial charge in [0, 0.05) is 32.7 Å². The van der Waals surface area contributed by atoms with E-state index in [-0.39, 0.29) is 10.8 Å². The standard InChI is InChI=1S/C12H16ClFN2O2/c1-3-18-12(4-6-17-7-5-12)11-15-8(2)9(14)10(13)16-11/h3-7H2,1-2H3. The Kier molecular flexibility index (Phi) is 4.14. The van der Waals surface area contributed by atoms with Gasteiger partial charge in [0.15, 0.2) is 16.8 Å². The highest BCUT2D eigenvalue weighted by atomic mass is 35.5. The van der Waals surface area contributed by atoms with Gasteiger partial charge in [0.1, 0.15) is 5.60 Å². The predicted octanol–water partition coefficient (Wildman–Crippen LogP) is 2.62. The van der Waals surface area contributed by atoms with Crippen LogP contribution in [0.1, 0.15) is 31.3 Å². The summed E-state index contributed by atoms with van der Waals surface area (Å²) in [6.07, 6.45) is 1.31. The summed E-state index contributed by atoms with van der Waals surface area (Å²) in [4.78, 5) is 8.24. The minimum absolute atomic E-state index is 0.150. The summed E-state index contributed by atoms with van der Waals surface area (Å²) in [6, 6.07) is 0. The molecule has 0 saturated carbocycles. The van der Waals surface area contributed by atoms with Gasteiger partial charge in [-0.3, -0.25) is 0 Å². The molecule has 100 valence electrons. The zero-order chi connectivity index (χ0) is 13.2. The van der Waals surface area contributed by atoms with Gasteiger partial charge in [-0.2, -0.15) is 0 Å². The number of rotatable bonds is 3. The van der Waals surface area contributed by atoms with Crippen LogP contribution in [0.5, 0.6) is 0 Å². The topological polar surface area (TPSA) is 44.2 Å². The molecule has 1 aromatic heterocycles. The first-order valence-corrected chi connectivity index (χ1v) is 6.38. The zero-order valence-corrected chi connectivity index (χ0v) is 11.3. The van der Waals surface area contributed by atoms with E-state index in [1.54, 1.807) is 6.92 Å². The Labute approximate surface area is 110 Å².